The van der Waals surface area contributed by atoms with E-state index >= 15 is 0 Å². The van der Waals surface area contributed by atoms with Gasteiger partial charge in [-0.2, -0.15) is 0 Å². The van der Waals surface area contributed by atoms with Crippen LogP contribution in [-0.2, 0) is 14.4 Å². The second kappa shape index (κ2) is 10.2. The predicted octanol–water partition coefficient (Wildman–Crippen LogP) is -1.51. The quantitative estimate of drug-likeness (QED) is 0.571. The number of hydrogen-bond acceptors (Lipinski definition) is 5. The molecule has 2 amide bonds. The van der Waals surface area contributed by atoms with Crippen LogP contribution in [0.5, 0.6) is 0 Å². The third-order valence-electron chi connectivity index (χ3n) is 3.03. The lowest BCUT2D eigenvalue weighted by Crippen LogP contribution is -2.82. The van der Waals surface area contributed by atoms with Crippen molar-refractivity contribution in [2.45, 2.75) is 27.7 Å². The molecule has 2 N–H and O–H groups in total. The van der Waals surface area contributed by atoms with Crippen LogP contribution >= 0.6 is 11.6 Å². The molecule has 22 heavy (non-hydrogen) atoms. The Morgan fingerprint density at radius 3 is 1.95 bits per heavy atom. The molecule has 0 atom stereocenters. The van der Waals surface area contributed by atoms with Gasteiger partial charge in [0.1, 0.15) is 10.7 Å². The lowest BCUT2D eigenvalue weighted by Gasteiger charge is -2.22. The lowest BCUT2D eigenvalue weighted by atomic mass is 10.3. The van der Waals surface area contributed by atoms with Gasteiger partial charge in [-0.25, -0.2) is 0 Å². The van der Waals surface area contributed by atoms with E-state index in [1.54, 1.807) is 18.7 Å². The molecule has 0 saturated carbocycles. The number of imide groups is 1. The van der Waals surface area contributed by atoms with E-state index in [2.05, 4.69) is 19.2 Å². The summed E-state index contributed by atoms with van der Waals surface area (Å²) in [7, 11) is 0. The molecule has 0 saturated heterocycles. The van der Waals surface area contributed by atoms with E-state index in [4.69, 9.17) is 11.6 Å². The molecule has 126 valence electrons. The maximum absolute atomic E-state index is 11.9. The van der Waals surface area contributed by atoms with Crippen LogP contribution in [0.25, 0.3) is 0 Å². The van der Waals surface area contributed by atoms with E-state index in [0.29, 0.717) is 18.0 Å². The Balaban J connectivity index is 0.000000763. The van der Waals surface area contributed by atoms with Crippen molar-refractivity contribution in [3.8, 4) is 0 Å². The maximum atomic E-state index is 11.9. The van der Waals surface area contributed by atoms with E-state index in [1.807, 2.05) is 0 Å². The first-order valence-electron chi connectivity index (χ1n) is 7.37. The number of amides is 2. The minimum atomic E-state index is -1.50. The molecule has 1 rings (SSSR count). The zero-order chi connectivity index (χ0) is 17.3. The van der Waals surface area contributed by atoms with Crippen molar-refractivity contribution >= 4 is 29.4 Å². The molecule has 0 aromatic heterocycles. The Hall–Kier alpha value is -1.60. The number of carboxylic acid groups (broad SMARTS) is 1. The van der Waals surface area contributed by atoms with Crippen molar-refractivity contribution in [1.29, 1.82) is 0 Å². The van der Waals surface area contributed by atoms with Crippen LogP contribution in [0.3, 0.4) is 0 Å². The predicted molar refractivity (Wildman–Crippen MR) is 80.5 cm³/mol. The van der Waals surface area contributed by atoms with Crippen LogP contribution in [0.15, 0.2) is 10.7 Å². The van der Waals surface area contributed by atoms with Crippen molar-refractivity contribution in [2.75, 3.05) is 32.7 Å². The first kappa shape index (κ1) is 20.4. The Bertz CT molecular complexity index is 445. The van der Waals surface area contributed by atoms with Gasteiger partial charge in [-0.1, -0.05) is 11.6 Å². The zero-order valence-corrected chi connectivity index (χ0v) is 14.3. The first-order valence-corrected chi connectivity index (χ1v) is 7.75. The van der Waals surface area contributed by atoms with Gasteiger partial charge < -0.3 is 20.1 Å². The summed E-state index contributed by atoms with van der Waals surface area (Å²) in [6.45, 7) is 10.6. The number of halogens is 1. The number of hydrogen-bond donors (Lipinski definition) is 1. The third kappa shape index (κ3) is 5.31. The van der Waals surface area contributed by atoms with Crippen molar-refractivity contribution in [3.63, 3.8) is 0 Å². The summed E-state index contributed by atoms with van der Waals surface area (Å²) in [5.74, 6) is -2.98. The number of nitrogens with two attached hydrogens (primary N) is 1. The smallest absolute Gasteiger partial charge is 0.279 e. The van der Waals surface area contributed by atoms with Crippen LogP contribution in [-0.4, -0.2) is 60.3 Å². The maximum Gasteiger partial charge on any atom is 0.279 e. The van der Waals surface area contributed by atoms with Gasteiger partial charge in [0.25, 0.3) is 11.8 Å². The molecule has 7 nitrogen and oxygen atoms in total. The highest BCUT2D eigenvalue weighted by molar-refractivity contribution is 6.47. The topological polar surface area (TPSA) is 97.4 Å². The number of likely N-dealkylation sites (N-methyl/N-ethyl adjacent to an activating group) is 1. The fourth-order valence-electron chi connectivity index (χ4n) is 1.91. The van der Waals surface area contributed by atoms with Gasteiger partial charge in [0.15, 0.2) is 0 Å². The second-order valence-corrected chi connectivity index (χ2v) is 4.89. The third-order valence-corrected chi connectivity index (χ3v) is 3.37. The average Bonchev–Trinajstić information content (AvgIpc) is 2.67. The van der Waals surface area contributed by atoms with Crippen LogP contribution in [0.2, 0.25) is 0 Å². The fraction of sp³-hybridized carbons (Fsp3) is 0.643. The highest BCUT2D eigenvalue weighted by Crippen LogP contribution is 2.26. The van der Waals surface area contributed by atoms with Gasteiger partial charge in [-0.05, 0) is 27.7 Å². The van der Waals surface area contributed by atoms with E-state index in [0.717, 1.165) is 0 Å². The molecular formula is C14H24ClN3O4. The fourth-order valence-corrected chi connectivity index (χ4v) is 2.21. The SMILES string of the molecule is CCN(CC)C1=C(Cl)C(=O)N(CC(=O)[O-])C1=O.CC[NH2+]CC. The number of quaternary nitrogens is 1. The monoisotopic (exact) mass is 333 g/mol. The van der Waals surface area contributed by atoms with Gasteiger partial charge >= 0.3 is 0 Å². The Morgan fingerprint density at radius 2 is 1.64 bits per heavy atom. The largest absolute Gasteiger partial charge is 0.548 e. The van der Waals surface area contributed by atoms with E-state index in [9.17, 15) is 19.5 Å². The summed E-state index contributed by atoms with van der Waals surface area (Å²) in [5.41, 5.74) is 0.0583. The van der Waals surface area contributed by atoms with Gasteiger partial charge in [0, 0.05) is 13.1 Å². The number of aliphatic carboxylic acids is 1. The number of carbonyl (C=O) groups excluding carboxylic acids is 3. The van der Waals surface area contributed by atoms with Crippen LogP contribution in [0.4, 0.5) is 0 Å². The summed E-state index contributed by atoms with van der Waals surface area (Å²) in [5, 5.41) is 12.5. The van der Waals surface area contributed by atoms with E-state index < -0.39 is 24.3 Å². The second-order valence-electron chi connectivity index (χ2n) is 4.51. The number of rotatable bonds is 7. The van der Waals surface area contributed by atoms with Gasteiger partial charge in [0.2, 0.25) is 0 Å². The molecule has 0 aromatic rings. The molecule has 0 aromatic carbocycles. The molecule has 8 heteroatoms. The Morgan fingerprint density at radius 1 is 1.14 bits per heavy atom. The Labute approximate surface area is 135 Å². The van der Waals surface area contributed by atoms with Gasteiger partial charge in [0.05, 0.1) is 25.6 Å². The van der Waals surface area contributed by atoms with Crippen molar-refractivity contribution in [1.82, 2.24) is 9.80 Å². The summed E-state index contributed by atoms with van der Waals surface area (Å²) < 4.78 is 0. The van der Waals surface area contributed by atoms with Gasteiger partial charge in [-0.3, -0.25) is 14.5 Å². The lowest BCUT2D eigenvalue weighted by molar-refractivity contribution is -0.648. The average molecular weight is 334 g/mol. The minimum absolute atomic E-state index is 0.0583. The number of nitrogens with zero attached hydrogens (tertiary/aromatic N) is 2. The normalized spacial score (nSPS) is 14.1. The summed E-state index contributed by atoms with van der Waals surface area (Å²) in [4.78, 5) is 36.1. The number of carboxylic acids is 1. The van der Waals surface area contributed by atoms with Gasteiger partial charge in [-0.15, -0.1) is 0 Å². The highest BCUT2D eigenvalue weighted by atomic mass is 35.5. The summed E-state index contributed by atoms with van der Waals surface area (Å²) in [6, 6.07) is 0. The van der Waals surface area contributed by atoms with Crippen molar-refractivity contribution < 1.29 is 24.8 Å². The molecule has 0 fully saturated rings. The van der Waals surface area contributed by atoms with Crippen LogP contribution in [0.1, 0.15) is 27.7 Å². The van der Waals surface area contributed by atoms with Crippen LogP contribution < -0.4 is 10.4 Å². The molecule has 0 aliphatic carbocycles. The molecular weight excluding hydrogens is 310 g/mol. The first-order chi connectivity index (χ1) is 10.3. The molecule has 0 bridgehead atoms. The molecule has 0 unspecified atom stereocenters. The van der Waals surface area contributed by atoms with Crippen molar-refractivity contribution in [2.24, 2.45) is 0 Å². The highest BCUT2D eigenvalue weighted by Gasteiger charge is 2.39. The Kier molecular flexibility index (Phi) is 9.44. The molecule has 1 aliphatic heterocycles. The van der Waals surface area contributed by atoms with Crippen LogP contribution in [0, 0.1) is 0 Å². The van der Waals surface area contributed by atoms with E-state index in [1.165, 1.54) is 13.1 Å². The molecule has 0 spiro atoms. The standard InChI is InChI=1S/C10H13ClN2O4.C4H11N/c1-3-12(4-2)8-7(11)9(16)13(10(8)17)5-6(14)15;1-3-5-4-2/h3-5H2,1-2H3,(H,14,15);5H,3-4H2,1-2H3. The number of carbonyl (C=O) groups is 3. The molecule has 1 heterocycles. The minimum Gasteiger partial charge on any atom is -0.548 e. The summed E-state index contributed by atoms with van der Waals surface area (Å²) in [6.07, 6.45) is 0. The molecule has 0 radical (unpaired) electrons. The zero-order valence-electron chi connectivity index (χ0n) is 13.5. The molecule has 1 aliphatic rings. The van der Waals surface area contributed by atoms with E-state index in [-0.39, 0.29) is 10.7 Å². The van der Waals surface area contributed by atoms with Crippen molar-refractivity contribution in [3.05, 3.63) is 10.7 Å². The summed E-state index contributed by atoms with van der Waals surface area (Å²) >= 11 is 5.77.